The van der Waals surface area contributed by atoms with Crippen molar-refractivity contribution in [2.24, 2.45) is 0 Å². The van der Waals surface area contributed by atoms with Crippen LogP contribution < -0.4 is 5.73 Å². The molecule has 5 aromatic carbocycles. The summed E-state index contributed by atoms with van der Waals surface area (Å²) in [7, 11) is 0. The van der Waals surface area contributed by atoms with E-state index in [9.17, 15) is 0 Å². The summed E-state index contributed by atoms with van der Waals surface area (Å²) in [4.78, 5) is 0. The number of benzene rings is 5. The van der Waals surface area contributed by atoms with E-state index in [4.69, 9.17) is 5.73 Å². The molecular weight excluding hydrogens is 362 g/mol. The molecule has 0 heterocycles. The van der Waals surface area contributed by atoms with E-state index in [0.29, 0.717) is 0 Å². The first-order valence-corrected chi connectivity index (χ1v) is 10.8. The highest BCUT2D eigenvalue weighted by Gasteiger charge is 2.37. The zero-order valence-electron chi connectivity index (χ0n) is 18.4. The van der Waals surface area contributed by atoms with E-state index < -0.39 is 0 Å². The van der Waals surface area contributed by atoms with Gasteiger partial charge in [0, 0.05) is 11.1 Å². The molecule has 1 nitrogen and oxygen atoms in total. The lowest BCUT2D eigenvalue weighted by Gasteiger charge is -2.24. The molecule has 0 aromatic heterocycles. The van der Waals surface area contributed by atoms with Gasteiger partial charge in [0.1, 0.15) is 0 Å². The predicted molar refractivity (Wildman–Crippen MR) is 131 cm³/mol. The van der Waals surface area contributed by atoms with Crippen molar-refractivity contribution in [3.63, 3.8) is 0 Å². The van der Waals surface area contributed by atoms with Crippen molar-refractivity contribution in [2.75, 3.05) is 5.73 Å². The molecule has 2 N–H and O–H groups in total. The van der Waals surface area contributed by atoms with Crippen LogP contribution in [0.15, 0.2) is 60.7 Å². The molecule has 0 saturated carbocycles. The van der Waals surface area contributed by atoms with Gasteiger partial charge in [-0.1, -0.05) is 77.1 Å². The molecule has 1 heteroatoms. The topological polar surface area (TPSA) is 26.0 Å². The Morgan fingerprint density at radius 3 is 2.00 bits per heavy atom. The Hall–Kier alpha value is -3.06. The third-order valence-corrected chi connectivity index (χ3v) is 7.24. The molecule has 0 amide bonds. The zero-order chi connectivity index (χ0) is 21.0. The number of rotatable bonds is 0. The van der Waals surface area contributed by atoms with E-state index in [1.807, 2.05) is 6.07 Å². The normalized spacial score (nSPS) is 15.2. The van der Waals surface area contributed by atoms with Gasteiger partial charge in [-0.2, -0.15) is 0 Å². The van der Waals surface area contributed by atoms with E-state index >= 15 is 0 Å². The summed E-state index contributed by atoms with van der Waals surface area (Å²) in [6, 6.07) is 22.9. The largest absolute Gasteiger partial charge is 0.399 e. The molecule has 0 bridgehead atoms. The maximum atomic E-state index is 6.18. The Morgan fingerprint density at radius 1 is 0.700 bits per heavy atom. The van der Waals surface area contributed by atoms with Gasteiger partial charge < -0.3 is 5.73 Å². The molecule has 6 rings (SSSR count). The summed E-state index contributed by atoms with van der Waals surface area (Å²) in [5.74, 6) is 0. The molecule has 0 saturated heterocycles. The Labute approximate surface area is 177 Å². The first-order chi connectivity index (χ1) is 14.2. The maximum Gasteiger partial charge on any atom is 0.0317 e. The molecule has 0 spiro atoms. The Balaban J connectivity index is 1.80. The van der Waals surface area contributed by atoms with Gasteiger partial charge in [0.15, 0.2) is 0 Å². The molecule has 0 aliphatic heterocycles. The molecule has 148 valence electrons. The van der Waals surface area contributed by atoms with Gasteiger partial charge >= 0.3 is 0 Å². The van der Waals surface area contributed by atoms with Crippen LogP contribution in [0.25, 0.3) is 43.4 Å². The van der Waals surface area contributed by atoms with Gasteiger partial charge in [-0.3, -0.25) is 0 Å². The summed E-state index contributed by atoms with van der Waals surface area (Å²) < 4.78 is 0. The second-order valence-electron chi connectivity index (χ2n) is 10.6. The molecule has 0 fully saturated rings. The summed E-state index contributed by atoms with van der Waals surface area (Å²) in [5, 5.41) is 8.16. The van der Waals surface area contributed by atoms with E-state index in [2.05, 4.69) is 89.2 Å². The standard InChI is InChI=1S/C29H27N/c1-28(2,3)19-12-16-6-7-18-14-24-27(22-10-8-17(13-19)25(16)26(18)22)21-11-9-20(30)15-23(21)29(24,4)5/h6-15H,30H2,1-5H3. The summed E-state index contributed by atoms with van der Waals surface area (Å²) in [6.45, 7) is 11.5. The van der Waals surface area contributed by atoms with Gasteiger partial charge in [-0.05, 0) is 83.7 Å². The molecule has 0 radical (unpaired) electrons. The third-order valence-electron chi connectivity index (χ3n) is 7.24. The van der Waals surface area contributed by atoms with Crippen molar-refractivity contribution in [3.8, 4) is 11.1 Å². The number of hydrogen-bond acceptors (Lipinski definition) is 1. The lowest BCUT2D eigenvalue weighted by atomic mass is 9.80. The predicted octanol–water partition coefficient (Wildman–Crippen LogP) is 7.77. The van der Waals surface area contributed by atoms with Gasteiger partial charge in [-0.25, -0.2) is 0 Å². The Kier molecular flexibility index (Phi) is 3.17. The van der Waals surface area contributed by atoms with Crippen LogP contribution in [0, 0.1) is 0 Å². The minimum absolute atomic E-state index is 0.0517. The molecule has 30 heavy (non-hydrogen) atoms. The van der Waals surface area contributed by atoms with Crippen LogP contribution in [-0.4, -0.2) is 0 Å². The quantitative estimate of drug-likeness (QED) is 0.212. The van der Waals surface area contributed by atoms with Crippen molar-refractivity contribution in [1.29, 1.82) is 0 Å². The maximum absolute atomic E-state index is 6.18. The minimum atomic E-state index is -0.0517. The number of nitrogens with two attached hydrogens (primary N) is 1. The van der Waals surface area contributed by atoms with Crippen molar-refractivity contribution in [2.45, 2.75) is 45.4 Å². The molecular formula is C29H27N. The van der Waals surface area contributed by atoms with Gasteiger partial charge in [0.05, 0.1) is 0 Å². The van der Waals surface area contributed by atoms with Crippen molar-refractivity contribution >= 4 is 38.0 Å². The number of fused-ring (bicyclic) bond motifs is 4. The van der Waals surface area contributed by atoms with Gasteiger partial charge in [0.25, 0.3) is 0 Å². The number of anilines is 1. The van der Waals surface area contributed by atoms with Crippen LogP contribution in [0.3, 0.4) is 0 Å². The van der Waals surface area contributed by atoms with Crippen LogP contribution >= 0.6 is 0 Å². The Morgan fingerprint density at radius 2 is 1.33 bits per heavy atom. The fraction of sp³-hybridized carbons (Fsp3) is 0.241. The molecule has 1 aliphatic carbocycles. The van der Waals surface area contributed by atoms with Crippen LogP contribution in [0.4, 0.5) is 5.69 Å². The molecule has 0 unspecified atom stereocenters. The second kappa shape index (κ2) is 5.35. The fourth-order valence-electron chi connectivity index (χ4n) is 5.55. The van der Waals surface area contributed by atoms with Crippen molar-refractivity contribution in [3.05, 3.63) is 77.4 Å². The number of hydrogen-bond donors (Lipinski definition) is 1. The summed E-state index contributed by atoms with van der Waals surface area (Å²) in [6.07, 6.45) is 0. The molecule has 0 atom stereocenters. The fourth-order valence-corrected chi connectivity index (χ4v) is 5.55. The minimum Gasteiger partial charge on any atom is -0.399 e. The van der Waals surface area contributed by atoms with E-state index in [-0.39, 0.29) is 10.8 Å². The average Bonchev–Trinajstić information content (AvgIpc) is 2.91. The first kappa shape index (κ1) is 17.8. The average molecular weight is 390 g/mol. The van der Waals surface area contributed by atoms with Crippen molar-refractivity contribution < 1.29 is 0 Å². The smallest absolute Gasteiger partial charge is 0.0317 e. The van der Waals surface area contributed by atoms with Crippen LogP contribution in [0.2, 0.25) is 0 Å². The molecule has 1 aliphatic rings. The van der Waals surface area contributed by atoms with Gasteiger partial charge in [-0.15, -0.1) is 0 Å². The van der Waals surface area contributed by atoms with Gasteiger partial charge in [0.2, 0.25) is 0 Å². The second-order valence-corrected chi connectivity index (χ2v) is 10.6. The first-order valence-electron chi connectivity index (χ1n) is 10.8. The zero-order valence-corrected chi connectivity index (χ0v) is 18.4. The summed E-state index contributed by atoms with van der Waals surface area (Å²) in [5.41, 5.74) is 13.9. The summed E-state index contributed by atoms with van der Waals surface area (Å²) >= 11 is 0. The lowest BCUT2D eigenvalue weighted by Crippen LogP contribution is -2.15. The van der Waals surface area contributed by atoms with Crippen LogP contribution in [0.5, 0.6) is 0 Å². The van der Waals surface area contributed by atoms with Crippen LogP contribution in [-0.2, 0) is 10.8 Å². The van der Waals surface area contributed by atoms with Crippen molar-refractivity contribution in [1.82, 2.24) is 0 Å². The lowest BCUT2D eigenvalue weighted by molar-refractivity contribution is 0.591. The Bertz CT molecular complexity index is 1480. The monoisotopic (exact) mass is 389 g/mol. The van der Waals surface area contributed by atoms with E-state index in [0.717, 1.165) is 5.69 Å². The van der Waals surface area contributed by atoms with E-state index in [1.165, 1.54) is 60.1 Å². The highest BCUT2D eigenvalue weighted by atomic mass is 14.6. The number of nitrogen functional groups attached to an aromatic ring is 1. The highest BCUT2D eigenvalue weighted by molar-refractivity contribution is 6.26. The highest BCUT2D eigenvalue weighted by Crippen LogP contribution is 2.54. The third kappa shape index (κ3) is 2.13. The van der Waals surface area contributed by atoms with E-state index in [1.54, 1.807) is 0 Å². The SMILES string of the molecule is CC(C)(C)c1cc2ccc3cc4c(c5ccc(c1)c2c35)-c1ccc(N)cc1C4(C)C. The molecule has 5 aromatic rings. The van der Waals surface area contributed by atoms with Crippen LogP contribution in [0.1, 0.15) is 51.3 Å².